The van der Waals surface area contributed by atoms with E-state index in [-0.39, 0.29) is 45.2 Å². The molecule has 334 valence electrons. The third-order valence-corrected chi connectivity index (χ3v) is 10.6. The van der Waals surface area contributed by atoms with Gasteiger partial charge in [0.25, 0.3) is 34.8 Å². The van der Waals surface area contributed by atoms with Crippen molar-refractivity contribution in [3.8, 4) is 22.6 Å². The number of hydrogen-bond acceptors (Lipinski definition) is 7. The second kappa shape index (κ2) is 14.7. The highest BCUT2D eigenvalue weighted by Gasteiger charge is 2.73. The Morgan fingerprint density at radius 3 is 1.38 bits per heavy atom. The highest BCUT2D eigenvalue weighted by Crippen LogP contribution is 2.56. The number of ether oxygens (including phenoxy) is 1. The largest absolute Gasteiger partial charge is 0.457 e. The van der Waals surface area contributed by atoms with Gasteiger partial charge in [-0.15, -0.1) is 0 Å². The molecule has 0 aliphatic carbocycles. The van der Waals surface area contributed by atoms with E-state index >= 15 is 0 Å². The van der Waals surface area contributed by atoms with Crippen molar-refractivity contribution in [1.82, 2.24) is 4.90 Å². The average molecular weight is 903 g/mol. The first-order valence-electron chi connectivity index (χ1n) is 18.1. The molecular formula is C42H30F12N2O7. The van der Waals surface area contributed by atoms with Crippen molar-refractivity contribution in [1.29, 1.82) is 0 Å². The molecule has 6 rings (SSSR count). The lowest BCUT2D eigenvalue weighted by Gasteiger charge is -2.36. The number of anilines is 1. The molecule has 2 N–H and O–H groups in total. The maximum absolute atomic E-state index is 14.7. The van der Waals surface area contributed by atoms with Gasteiger partial charge in [0.2, 0.25) is 0 Å². The van der Waals surface area contributed by atoms with Gasteiger partial charge < -0.3 is 14.9 Å². The van der Waals surface area contributed by atoms with Gasteiger partial charge in [-0.1, -0.05) is 18.2 Å². The molecule has 2 aliphatic rings. The zero-order valence-electron chi connectivity index (χ0n) is 32.9. The summed E-state index contributed by atoms with van der Waals surface area (Å²) in [6.07, 6.45) is -26.5. The first-order valence-corrected chi connectivity index (χ1v) is 18.1. The molecule has 0 spiro atoms. The number of alkyl halides is 12. The second-order valence-corrected chi connectivity index (χ2v) is 15.1. The molecule has 0 radical (unpaired) electrons. The monoisotopic (exact) mass is 902 g/mol. The number of carbonyl (C=O) groups excluding carboxylic acids is 4. The zero-order valence-corrected chi connectivity index (χ0v) is 32.9. The molecule has 4 amide bonds. The fraction of sp³-hybridized carbons (Fsp3) is 0.286. The molecule has 0 atom stereocenters. The van der Waals surface area contributed by atoms with Gasteiger partial charge in [0.05, 0.1) is 27.9 Å². The number of rotatable bonds is 8. The number of benzene rings is 4. The van der Waals surface area contributed by atoms with Gasteiger partial charge in [0, 0.05) is 17.2 Å². The number of imide groups is 2. The summed E-state index contributed by atoms with van der Waals surface area (Å²) in [4.78, 5) is 54.2. The van der Waals surface area contributed by atoms with E-state index in [9.17, 15) is 82.1 Å². The summed E-state index contributed by atoms with van der Waals surface area (Å²) in [6, 6.07) is 7.10. The minimum absolute atomic E-state index is 0.0461. The van der Waals surface area contributed by atoms with E-state index in [0.29, 0.717) is 12.1 Å². The molecule has 0 bridgehead atoms. The van der Waals surface area contributed by atoms with Crippen LogP contribution in [0.15, 0.2) is 67.2 Å². The number of allylic oxidation sites excluding steroid dienone is 1. The van der Waals surface area contributed by atoms with Crippen molar-refractivity contribution >= 4 is 34.9 Å². The Labute approximate surface area is 347 Å². The van der Waals surface area contributed by atoms with Crippen molar-refractivity contribution in [2.24, 2.45) is 0 Å². The fourth-order valence-corrected chi connectivity index (χ4v) is 7.45. The summed E-state index contributed by atoms with van der Waals surface area (Å²) >= 11 is 0. The number of nitrogens with zero attached hydrogens (tertiary/aromatic N) is 2. The number of halogens is 12. The minimum Gasteiger partial charge on any atom is -0.457 e. The van der Waals surface area contributed by atoms with Gasteiger partial charge in [-0.3, -0.25) is 24.1 Å². The fourth-order valence-electron chi connectivity index (χ4n) is 7.45. The van der Waals surface area contributed by atoms with Crippen LogP contribution in [0.3, 0.4) is 0 Å². The number of fused-ring (bicyclic) bond motifs is 2. The predicted molar refractivity (Wildman–Crippen MR) is 198 cm³/mol. The summed E-state index contributed by atoms with van der Waals surface area (Å²) < 4.78 is 179. The number of hydrogen-bond donors (Lipinski definition) is 2. The van der Waals surface area contributed by atoms with Crippen LogP contribution in [0, 0.1) is 13.8 Å². The second-order valence-electron chi connectivity index (χ2n) is 15.1. The lowest BCUT2D eigenvalue weighted by molar-refractivity contribution is -0.376. The van der Waals surface area contributed by atoms with E-state index in [1.807, 2.05) is 0 Å². The van der Waals surface area contributed by atoms with Crippen LogP contribution in [-0.4, -0.2) is 69.5 Å². The van der Waals surface area contributed by atoms with E-state index in [1.54, 1.807) is 13.8 Å². The molecule has 2 heterocycles. The number of amides is 4. The Morgan fingerprint density at radius 1 is 0.556 bits per heavy atom. The molecular weight excluding hydrogens is 872 g/mol. The Balaban J connectivity index is 1.53. The Bertz CT molecular complexity index is 2630. The van der Waals surface area contributed by atoms with Crippen LogP contribution in [0.1, 0.15) is 90.0 Å². The predicted octanol–water partition coefficient (Wildman–Crippen LogP) is 10.2. The molecule has 0 unspecified atom stereocenters. The van der Waals surface area contributed by atoms with E-state index < -0.39 is 121 Å². The van der Waals surface area contributed by atoms with E-state index in [2.05, 4.69) is 6.58 Å². The van der Waals surface area contributed by atoms with Crippen molar-refractivity contribution in [3.63, 3.8) is 0 Å². The average Bonchev–Trinajstić information content (AvgIpc) is 3.55. The van der Waals surface area contributed by atoms with Crippen molar-refractivity contribution in [2.45, 2.75) is 76.6 Å². The van der Waals surface area contributed by atoms with Gasteiger partial charge in [0.1, 0.15) is 11.5 Å². The standard InChI is InChI=1S/C42H30F12N2O7/c1-17(2)25-11-19(5)26(15-30(25)37(61,39(43,44)45)40(46,47)48)27-16-31(38(62,41(49,50)51)42(52,53)54)32(12-20(27)6)56-34(58)24-10-8-22(14-29(24)36(56)60)63-21-7-9-23-28(13-21)35(59)55(18(3)4)33(23)57/h7-16,18,61-62H,1H2,2-6H3. The van der Waals surface area contributed by atoms with Crippen LogP contribution in [0.5, 0.6) is 11.5 Å². The summed E-state index contributed by atoms with van der Waals surface area (Å²) in [6.45, 7) is 9.43. The molecule has 9 nitrogen and oxygen atoms in total. The zero-order chi connectivity index (χ0) is 47.5. The highest BCUT2D eigenvalue weighted by atomic mass is 19.4. The molecule has 2 aliphatic heterocycles. The van der Waals surface area contributed by atoms with Crippen LogP contribution in [0.4, 0.5) is 58.4 Å². The quantitative estimate of drug-likeness (QED) is 0.133. The van der Waals surface area contributed by atoms with E-state index in [4.69, 9.17) is 4.74 Å². The van der Waals surface area contributed by atoms with Gasteiger partial charge in [-0.25, -0.2) is 4.90 Å². The van der Waals surface area contributed by atoms with Crippen molar-refractivity contribution < 1.29 is 86.8 Å². The molecule has 21 heteroatoms. The lowest BCUT2D eigenvalue weighted by atomic mass is 9.80. The third-order valence-electron chi connectivity index (χ3n) is 10.6. The molecule has 0 saturated carbocycles. The molecule has 4 aromatic rings. The maximum Gasteiger partial charge on any atom is 0.430 e. The first-order chi connectivity index (χ1) is 28.7. The lowest BCUT2D eigenvalue weighted by Crippen LogP contribution is -2.54. The Kier molecular flexibility index (Phi) is 10.8. The van der Waals surface area contributed by atoms with Crippen LogP contribution < -0.4 is 9.64 Å². The van der Waals surface area contributed by atoms with Crippen LogP contribution in [0.25, 0.3) is 16.7 Å². The smallest absolute Gasteiger partial charge is 0.430 e. The Morgan fingerprint density at radius 2 is 0.937 bits per heavy atom. The number of aliphatic hydroxyl groups is 2. The summed E-state index contributed by atoms with van der Waals surface area (Å²) in [5.41, 5.74) is -22.8. The maximum atomic E-state index is 14.7. The molecule has 0 saturated heterocycles. The SMILES string of the molecule is C=C(C)c1cc(C)c(-c2cc(C(O)(C(F)(F)F)C(F)(F)F)c(N3C(=O)c4ccc(Oc5ccc6c(c5)C(=O)N(C(C)C)C6=O)cc4C3=O)cc2C)cc1C(O)(C(F)(F)F)C(F)(F)F. The molecule has 0 fully saturated rings. The van der Waals surface area contributed by atoms with Gasteiger partial charge in [-0.05, 0) is 117 Å². The van der Waals surface area contributed by atoms with Gasteiger partial charge >= 0.3 is 24.7 Å². The first kappa shape index (κ1) is 46.3. The summed E-state index contributed by atoms with van der Waals surface area (Å²) in [7, 11) is 0. The van der Waals surface area contributed by atoms with Crippen LogP contribution in [-0.2, 0) is 11.2 Å². The van der Waals surface area contributed by atoms with Gasteiger partial charge in [0.15, 0.2) is 0 Å². The minimum atomic E-state index is -6.73. The number of carbonyl (C=O) groups is 4. The highest BCUT2D eigenvalue weighted by molar-refractivity contribution is 6.35. The van der Waals surface area contributed by atoms with Gasteiger partial charge in [-0.2, -0.15) is 52.7 Å². The van der Waals surface area contributed by atoms with Crippen molar-refractivity contribution in [2.75, 3.05) is 4.90 Å². The van der Waals surface area contributed by atoms with Crippen LogP contribution in [0.2, 0.25) is 0 Å². The molecule has 0 aromatic heterocycles. The van der Waals surface area contributed by atoms with Crippen LogP contribution >= 0.6 is 0 Å². The molecule has 63 heavy (non-hydrogen) atoms. The normalized spacial score (nSPS) is 15.2. The van der Waals surface area contributed by atoms with Crippen molar-refractivity contribution in [3.05, 3.63) is 117 Å². The number of aryl methyl sites for hydroxylation is 2. The third kappa shape index (κ3) is 7.00. The topological polar surface area (TPSA) is 124 Å². The van der Waals surface area contributed by atoms with E-state index in [0.717, 1.165) is 43.9 Å². The van der Waals surface area contributed by atoms with E-state index in [1.165, 1.54) is 18.2 Å². The summed E-state index contributed by atoms with van der Waals surface area (Å²) in [5.74, 6) is -4.67. The summed E-state index contributed by atoms with van der Waals surface area (Å²) in [5, 5.41) is 21.2. The Hall–Kier alpha value is -6.22. The molecule has 4 aromatic carbocycles.